The second kappa shape index (κ2) is 8.93. The van der Waals surface area contributed by atoms with Crippen LogP contribution in [-0.4, -0.2) is 44.8 Å². The fourth-order valence-corrected chi connectivity index (χ4v) is 4.48. The van der Waals surface area contributed by atoms with Crippen molar-refractivity contribution < 1.29 is 22.7 Å². The molecule has 0 saturated carbocycles. The molecule has 0 spiro atoms. The van der Waals surface area contributed by atoms with Gasteiger partial charge in [0.05, 0.1) is 30.1 Å². The third kappa shape index (κ3) is 4.80. The van der Waals surface area contributed by atoms with E-state index in [4.69, 9.17) is 4.74 Å². The minimum atomic E-state index is -3.50. The van der Waals surface area contributed by atoms with Crippen LogP contribution in [0.25, 0.3) is 10.9 Å². The van der Waals surface area contributed by atoms with Crippen molar-refractivity contribution >= 4 is 38.5 Å². The van der Waals surface area contributed by atoms with Crippen LogP contribution in [0.5, 0.6) is 0 Å². The molecule has 0 fully saturated rings. The van der Waals surface area contributed by atoms with Crippen LogP contribution < -0.4 is 4.31 Å². The van der Waals surface area contributed by atoms with E-state index in [1.54, 1.807) is 30.3 Å². The van der Waals surface area contributed by atoms with Gasteiger partial charge in [0, 0.05) is 24.5 Å². The number of nitrogens with zero attached hydrogens (tertiary/aromatic N) is 2. The van der Waals surface area contributed by atoms with E-state index in [-0.39, 0.29) is 18.9 Å². The van der Waals surface area contributed by atoms with E-state index in [1.165, 1.54) is 22.2 Å². The molecule has 0 N–H and O–H groups in total. The molecule has 0 unspecified atom stereocenters. The van der Waals surface area contributed by atoms with E-state index >= 15 is 0 Å². The van der Waals surface area contributed by atoms with Gasteiger partial charge in [0.2, 0.25) is 15.9 Å². The van der Waals surface area contributed by atoms with Crippen LogP contribution in [0.15, 0.2) is 48.7 Å². The predicted octanol–water partition coefficient (Wildman–Crippen LogP) is 3.93. The van der Waals surface area contributed by atoms with Gasteiger partial charge in [-0.25, -0.2) is 13.2 Å². The molecule has 0 amide bonds. The number of carbonyl (C=O) groups excluding carboxylic acids is 2. The highest BCUT2D eigenvalue weighted by molar-refractivity contribution is 7.92. The largest absolute Gasteiger partial charge is 0.465 e. The standard InChI is InChI=1S/C23H26N2O5S/c1-16-11-12-18(14-17(16)2)25(31(4,28)29)13-7-10-22(26)24-15-20(23(27)30-3)19-8-5-6-9-21(19)24/h5-6,8-9,11-12,14-15H,7,10,13H2,1-4H3. The molecule has 0 aliphatic carbocycles. The summed E-state index contributed by atoms with van der Waals surface area (Å²) in [6.45, 7) is 4.07. The average molecular weight is 443 g/mol. The Bertz CT molecular complexity index is 1240. The lowest BCUT2D eigenvalue weighted by Gasteiger charge is -2.23. The SMILES string of the molecule is COC(=O)c1cn(C(=O)CCCN(c2ccc(C)c(C)c2)S(C)(=O)=O)c2ccccc12. The highest BCUT2D eigenvalue weighted by Crippen LogP contribution is 2.24. The van der Waals surface area contributed by atoms with Crippen molar-refractivity contribution in [3.05, 3.63) is 65.4 Å². The quantitative estimate of drug-likeness (QED) is 0.518. The Morgan fingerprint density at radius 2 is 1.77 bits per heavy atom. The first-order chi connectivity index (χ1) is 14.6. The number of anilines is 1. The van der Waals surface area contributed by atoms with Crippen LogP contribution in [0, 0.1) is 13.8 Å². The number of aromatic nitrogens is 1. The van der Waals surface area contributed by atoms with Crippen molar-refractivity contribution in [3.8, 4) is 0 Å². The predicted molar refractivity (Wildman–Crippen MR) is 121 cm³/mol. The Morgan fingerprint density at radius 3 is 2.42 bits per heavy atom. The molecule has 164 valence electrons. The fraction of sp³-hybridized carbons (Fsp3) is 0.304. The van der Waals surface area contributed by atoms with Gasteiger partial charge >= 0.3 is 5.97 Å². The number of para-hydroxylation sites is 1. The number of carbonyl (C=O) groups is 2. The molecule has 3 aromatic rings. The van der Waals surface area contributed by atoms with Gasteiger partial charge in [-0.05, 0) is 49.6 Å². The lowest BCUT2D eigenvalue weighted by atomic mass is 10.1. The van der Waals surface area contributed by atoms with Crippen molar-refractivity contribution in [2.75, 3.05) is 24.2 Å². The first kappa shape index (κ1) is 22.6. The topological polar surface area (TPSA) is 85.7 Å². The van der Waals surface area contributed by atoms with E-state index in [0.29, 0.717) is 28.6 Å². The van der Waals surface area contributed by atoms with Gasteiger partial charge < -0.3 is 4.74 Å². The Hall–Kier alpha value is -3.13. The van der Waals surface area contributed by atoms with Gasteiger partial charge in [0.1, 0.15) is 0 Å². The van der Waals surface area contributed by atoms with Gasteiger partial charge in [-0.3, -0.25) is 13.7 Å². The molecular formula is C23H26N2O5S. The maximum Gasteiger partial charge on any atom is 0.340 e. The van der Waals surface area contributed by atoms with Gasteiger partial charge in [-0.2, -0.15) is 0 Å². The number of esters is 1. The van der Waals surface area contributed by atoms with E-state index in [2.05, 4.69) is 0 Å². The van der Waals surface area contributed by atoms with E-state index in [0.717, 1.165) is 17.4 Å². The summed E-state index contributed by atoms with van der Waals surface area (Å²) in [5, 5.41) is 0.635. The number of benzene rings is 2. The third-order valence-corrected chi connectivity index (χ3v) is 6.51. The van der Waals surface area contributed by atoms with Crippen LogP contribution in [-0.2, 0) is 14.8 Å². The summed E-state index contributed by atoms with van der Waals surface area (Å²) >= 11 is 0. The first-order valence-electron chi connectivity index (χ1n) is 9.90. The molecule has 0 aliphatic rings. The Labute approximate surface area is 182 Å². The fourth-order valence-electron chi connectivity index (χ4n) is 3.52. The molecule has 2 aromatic carbocycles. The number of hydrogen-bond donors (Lipinski definition) is 0. The van der Waals surface area contributed by atoms with Crippen LogP contribution in [0.3, 0.4) is 0 Å². The zero-order chi connectivity index (χ0) is 22.8. The smallest absolute Gasteiger partial charge is 0.340 e. The molecule has 0 saturated heterocycles. The molecule has 8 heteroatoms. The highest BCUT2D eigenvalue weighted by Gasteiger charge is 2.21. The molecule has 0 bridgehead atoms. The molecule has 0 radical (unpaired) electrons. The van der Waals surface area contributed by atoms with Crippen molar-refractivity contribution in [1.82, 2.24) is 4.57 Å². The number of ether oxygens (including phenoxy) is 1. The Kier molecular flexibility index (Phi) is 6.50. The summed E-state index contributed by atoms with van der Waals surface area (Å²) in [5.41, 5.74) is 3.59. The lowest BCUT2D eigenvalue weighted by Crippen LogP contribution is -2.31. The maximum absolute atomic E-state index is 12.9. The molecule has 3 rings (SSSR count). The van der Waals surface area contributed by atoms with Gasteiger partial charge in [0.25, 0.3) is 0 Å². The summed E-state index contributed by atoms with van der Waals surface area (Å²) in [4.78, 5) is 25.0. The van der Waals surface area contributed by atoms with E-state index in [9.17, 15) is 18.0 Å². The number of sulfonamides is 1. The minimum Gasteiger partial charge on any atom is -0.465 e. The van der Waals surface area contributed by atoms with E-state index < -0.39 is 16.0 Å². The molecule has 7 nitrogen and oxygen atoms in total. The van der Waals surface area contributed by atoms with Crippen LogP contribution in [0.2, 0.25) is 0 Å². The Morgan fingerprint density at radius 1 is 1.06 bits per heavy atom. The number of hydrogen-bond acceptors (Lipinski definition) is 5. The number of methoxy groups -OCH3 is 1. The molecule has 0 aliphatic heterocycles. The van der Waals surface area contributed by atoms with Gasteiger partial charge in [0.15, 0.2) is 0 Å². The lowest BCUT2D eigenvalue weighted by molar-refractivity contribution is 0.0603. The number of fused-ring (bicyclic) bond motifs is 1. The summed E-state index contributed by atoms with van der Waals surface area (Å²) < 4.78 is 32.3. The Balaban J connectivity index is 1.80. The van der Waals surface area contributed by atoms with Crippen LogP contribution in [0.1, 0.15) is 39.1 Å². The molecule has 1 heterocycles. The molecular weight excluding hydrogens is 416 g/mol. The first-order valence-corrected chi connectivity index (χ1v) is 11.7. The molecule has 1 aromatic heterocycles. The average Bonchev–Trinajstić information content (AvgIpc) is 3.11. The zero-order valence-electron chi connectivity index (χ0n) is 18.1. The summed E-state index contributed by atoms with van der Waals surface area (Å²) in [7, 11) is -2.21. The maximum atomic E-state index is 12.9. The second-order valence-electron chi connectivity index (χ2n) is 7.52. The number of aryl methyl sites for hydroxylation is 2. The van der Waals surface area contributed by atoms with Crippen molar-refractivity contribution in [3.63, 3.8) is 0 Å². The number of rotatable bonds is 7. The summed E-state index contributed by atoms with van der Waals surface area (Å²) in [5.74, 6) is -0.736. The summed E-state index contributed by atoms with van der Waals surface area (Å²) in [6.07, 6.45) is 3.09. The normalized spacial score (nSPS) is 11.5. The monoisotopic (exact) mass is 442 g/mol. The minimum absolute atomic E-state index is 0.121. The third-order valence-electron chi connectivity index (χ3n) is 5.32. The van der Waals surface area contributed by atoms with Crippen molar-refractivity contribution in [2.45, 2.75) is 26.7 Å². The van der Waals surface area contributed by atoms with Crippen molar-refractivity contribution in [1.29, 1.82) is 0 Å². The van der Waals surface area contributed by atoms with Crippen molar-refractivity contribution in [2.24, 2.45) is 0 Å². The highest BCUT2D eigenvalue weighted by atomic mass is 32.2. The van der Waals surface area contributed by atoms with Gasteiger partial charge in [-0.15, -0.1) is 0 Å². The van der Waals surface area contributed by atoms with Gasteiger partial charge in [-0.1, -0.05) is 24.3 Å². The van der Waals surface area contributed by atoms with Crippen LogP contribution in [0.4, 0.5) is 5.69 Å². The second-order valence-corrected chi connectivity index (χ2v) is 9.43. The molecule has 0 atom stereocenters. The molecule has 31 heavy (non-hydrogen) atoms. The zero-order valence-corrected chi connectivity index (χ0v) is 18.9. The summed E-state index contributed by atoms with van der Waals surface area (Å²) in [6, 6.07) is 12.6. The van der Waals surface area contributed by atoms with E-state index in [1.807, 2.05) is 26.0 Å². The van der Waals surface area contributed by atoms with Crippen LogP contribution >= 0.6 is 0 Å².